The average molecular weight is 266 g/mol. The third kappa shape index (κ3) is 2.09. The molecular formula is C11H12BrN3. The molecule has 3 nitrogen and oxygen atoms in total. The second-order valence-electron chi connectivity index (χ2n) is 3.46. The number of aryl methyl sites for hydroxylation is 2. The minimum absolute atomic E-state index is 0.824. The van der Waals surface area contributed by atoms with Gasteiger partial charge >= 0.3 is 0 Å². The fourth-order valence-electron chi connectivity index (χ4n) is 1.40. The summed E-state index contributed by atoms with van der Waals surface area (Å²) in [5.74, 6) is 0.866. The lowest BCUT2D eigenvalue weighted by molar-refractivity contribution is 0.827. The molecule has 0 atom stereocenters. The number of rotatable bonds is 2. The van der Waals surface area contributed by atoms with Gasteiger partial charge in [-0.3, -0.25) is 0 Å². The van der Waals surface area contributed by atoms with Crippen LogP contribution >= 0.6 is 15.9 Å². The van der Waals surface area contributed by atoms with Crippen LogP contribution in [0.3, 0.4) is 0 Å². The summed E-state index contributed by atoms with van der Waals surface area (Å²) in [5.41, 5.74) is 3.23. The van der Waals surface area contributed by atoms with Crippen LogP contribution in [0.2, 0.25) is 0 Å². The second kappa shape index (κ2) is 4.14. The zero-order valence-electron chi connectivity index (χ0n) is 8.74. The highest BCUT2D eigenvalue weighted by Gasteiger charge is 2.05. The molecule has 0 unspecified atom stereocenters. The molecule has 0 aliphatic heterocycles. The van der Waals surface area contributed by atoms with Crippen molar-refractivity contribution < 1.29 is 0 Å². The second-order valence-corrected chi connectivity index (χ2v) is 4.02. The minimum Gasteiger partial charge on any atom is -0.234 e. The summed E-state index contributed by atoms with van der Waals surface area (Å²) < 4.78 is 1.82. The van der Waals surface area contributed by atoms with Crippen LogP contribution < -0.4 is 0 Å². The fraction of sp³-hybridized carbons (Fsp3) is 0.273. The average Bonchev–Trinajstić information content (AvgIpc) is 2.60. The SMILES string of the molecule is Cc1cccc(-n2cc(CBr)c(C)n2)n1. The molecule has 0 saturated carbocycles. The van der Waals surface area contributed by atoms with Gasteiger partial charge in [-0.05, 0) is 26.0 Å². The molecule has 0 amide bonds. The van der Waals surface area contributed by atoms with Gasteiger partial charge in [0.25, 0.3) is 0 Å². The van der Waals surface area contributed by atoms with Crippen LogP contribution in [-0.4, -0.2) is 14.8 Å². The van der Waals surface area contributed by atoms with Crippen LogP contribution in [0.25, 0.3) is 5.82 Å². The molecule has 78 valence electrons. The van der Waals surface area contributed by atoms with Gasteiger partial charge in [-0.2, -0.15) is 5.10 Å². The summed E-state index contributed by atoms with van der Waals surface area (Å²) in [6, 6.07) is 5.92. The Morgan fingerprint density at radius 1 is 1.33 bits per heavy atom. The molecular weight excluding hydrogens is 254 g/mol. The number of hydrogen-bond donors (Lipinski definition) is 0. The monoisotopic (exact) mass is 265 g/mol. The van der Waals surface area contributed by atoms with Crippen LogP contribution in [0, 0.1) is 13.8 Å². The van der Waals surface area contributed by atoms with Crippen molar-refractivity contribution in [2.75, 3.05) is 0 Å². The Hall–Kier alpha value is -1.16. The van der Waals surface area contributed by atoms with E-state index in [4.69, 9.17) is 0 Å². The van der Waals surface area contributed by atoms with Crippen molar-refractivity contribution in [2.24, 2.45) is 0 Å². The van der Waals surface area contributed by atoms with Crippen molar-refractivity contribution in [3.8, 4) is 5.82 Å². The van der Waals surface area contributed by atoms with E-state index >= 15 is 0 Å². The van der Waals surface area contributed by atoms with Crippen molar-refractivity contribution in [3.63, 3.8) is 0 Å². The molecule has 0 bridgehead atoms. The van der Waals surface area contributed by atoms with Gasteiger partial charge in [0.2, 0.25) is 0 Å². The molecule has 2 heterocycles. The van der Waals surface area contributed by atoms with Crippen molar-refractivity contribution in [2.45, 2.75) is 19.2 Å². The smallest absolute Gasteiger partial charge is 0.153 e. The van der Waals surface area contributed by atoms with E-state index in [1.165, 1.54) is 5.56 Å². The van der Waals surface area contributed by atoms with E-state index in [1.807, 2.05) is 42.9 Å². The summed E-state index contributed by atoms with van der Waals surface area (Å²) in [6.07, 6.45) is 2.01. The van der Waals surface area contributed by atoms with Gasteiger partial charge < -0.3 is 0 Å². The predicted octanol–water partition coefficient (Wildman–Crippen LogP) is 2.78. The standard InChI is InChI=1S/C11H12BrN3/c1-8-4-3-5-11(13-8)15-7-10(6-12)9(2)14-15/h3-5,7H,6H2,1-2H3. The largest absolute Gasteiger partial charge is 0.234 e. The van der Waals surface area contributed by atoms with Gasteiger partial charge in [-0.25, -0.2) is 9.67 Å². The molecule has 0 aliphatic rings. The molecule has 2 aromatic heterocycles. The molecule has 2 aromatic rings. The molecule has 0 spiro atoms. The Kier molecular flexibility index (Phi) is 2.86. The Morgan fingerprint density at radius 2 is 2.13 bits per heavy atom. The highest BCUT2D eigenvalue weighted by Crippen LogP contribution is 2.13. The first-order valence-corrected chi connectivity index (χ1v) is 5.88. The lowest BCUT2D eigenvalue weighted by atomic mass is 10.3. The quantitative estimate of drug-likeness (QED) is 0.782. The molecule has 0 radical (unpaired) electrons. The maximum absolute atomic E-state index is 4.42. The summed E-state index contributed by atoms with van der Waals surface area (Å²) in [4.78, 5) is 4.42. The van der Waals surface area contributed by atoms with Gasteiger partial charge in [0.15, 0.2) is 5.82 Å². The number of alkyl halides is 1. The molecule has 0 N–H and O–H groups in total. The van der Waals surface area contributed by atoms with Gasteiger partial charge in [-0.1, -0.05) is 22.0 Å². The zero-order valence-corrected chi connectivity index (χ0v) is 10.3. The summed E-state index contributed by atoms with van der Waals surface area (Å²) in [6.45, 7) is 3.98. The number of halogens is 1. The van der Waals surface area contributed by atoms with E-state index in [0.717, 1.165) is 22.5 Å². The molecule has 15 heavy (non-hydrogen) atoms. The Morgan fingerprint density at radius 3 is 2.73 bits per heavy atom. The van der Waals surface area contributed by atoms with Crippen LogP contribution in [-0.2, 0) is 5.33 Å². The van der Waals surface area contributed by atoms with Crippen LogP contribution in [0.1, 0.15) is 17.0 Å². The summed E-state index contributed by atoms with van der Waals surface area (Å²) in [7, 11) is 0. The van der Waals surface area contributed by atoms with Crippen LogP contribution in [0.5, 0.6) is 0 Å². The van der Waals surface area contributed by atoms with E-state index in [-0.39, 0.29) is 0 Å². The highest BCUT2D eigenvalue weighted by atomic mass is 79.9. The van der Waals surface area contributed by atoms with Gasteiger partial charge in [0, 0.05) is 22.8 Å². The molecule has 0 fully saturated rings. The Balaban J connectivity index is 2.45. The Labute approximate surface area is 97.3 Å². The maximum Gasteiger partial charge on any atom is 0.153 e. The first-order chi connectivity index (χ1) is 7.20. The molecule has 0 aliphatic carbocycles. The number of hydrogen-bond acceptors (Lipinski definition) is 2. The van der Waals surface area contributed by atoms with Gasteiger partial charge in [-0.15, -0.1) is 0 Å². The predicted molar refractivity (Wildman–Crippen MR) is 63.5 cm³/mol. The molecule has 2 rings (SSSR count). The van der Waals surface area contributed by atoms with Gasteiger partial charge in [0.05, 0.1) is 5.69 Å². The third-order valence-corrected chi connectivity index (χ3v) is 2.86. The van der Waals surface area contributed by atoms with Crippen molar-refractivity contribution in [3.05, 3.63) is 41.3 Å². The van der Waals surface area contributed by atoms with Crippen LogP contribution in [0.15, 0.2) is 24.4 Å². The highest BCUT2D eigenvalue weighted by molar-refractivity contribution is 9.08. The summed E-state index contributed by atoms with van der Waals surface area (Å²) >= 11 is 3.43. The lowest BCUT2D eigenvalue weighted by Gasteiger charge is -2.00. The van der Waals surface area contributed by atoms with E-state index in [0.29, 0.717) is 0 Å². The van der Waals surface area contributed by atoms with Crippen molar-refractivity contribution in [1.82, 2.24) is 14.8 Å². The number of pyridine rings is 1. The van der Waals surface area contributed by atoms with E-state index < -0.39 is 0 Å². The van der Waals surface area contributed by atoms with Gasteiger partial charge in [0.1, 0.15) is 0 Å². The fourth-order valence-corrected chi connectivity index (χ4v) is 1.95. The first kappa shape index (κ1) is 10.4. The molecule has 0 saturated heterocycles. The van der Waals surface area contributed by atoms with Crippen LogP contribution in [0.4, 0.5) is 0 Å². The third-order valence-electron chi connectivity index (χ3n) is 2.25. The molecule has 0 aromatic carbocycles. The molecule has 4 heteroatoms. The zero-order chi connectivity index (χ0) is 10.8. The van der Waals surface area contributed by atoms with E-state index in [2.05, 4.69) is 26.0 Å². The number of nitrogens with zero attached hydrogens (tertiary/aromatic N) is 3. The first-order valence-electron chi connectivity index (χ1n) is 4.76. The van der Waals surface area contributed by atoms with Crippen molar-refractivity contribution in [1.29, 1.82) is 0 Å². The number of aromatic nitrogens is 3. The maximum atomic E-state index is 4.42. The summed E-state index contributed by atoms with van der Waals surface area (Å²) in [5, 5.41) is 5.24. The Bertz CT molecular complexity index is 476. The van der Waals surface area contributed by atoms with E-state index in [9.17, 15) is 0 Å². The lowest BCUT2D eigenvalue weighted by Crippen LogP contribution is -1.98. The minimum atomic E-state index is 0.824. The van der Waals surface area contributed by atoms with Crippen molar-refractivity contribution >= 4 is 15.9 Å². The topological polar surface area (TPSA) is 30.7 Å². The van der Waals surface area contributed by atoms with E-state index in [1.54, 1.807) is 0 Å². The normalized spacial score (nSPS) is 10.6.